The molecule has 0 aromatic heterocycles. The molecule has 0 atom stereocenters. The van der Waals surface area contributed by atoms with E-state index in [0.29, 0.717) is 22.4 Å². The second-order valence-electron chi connectivity index (χ2n) is 9.76. The molecule has 0 aliphatic heterocycles. The fourth-order valence-electron chi connectivity index (χ4n) is 4.39. The van der Waals surface area contributed by atoms with Gasteiger partial charge < -0.3 is 32.1 Å². The smallest absolute Gasteiger partial charge is 0.343 e. The molecular weight excluding hydrogens is 640 g/mol. The minimum Gasteiger partial charge on any atom is -0.496 e. The van der Waals surface area contributed by atoms with Crippen LogP contribution in [0.1, 0.15) is 5.56 Å². The van der Waals surface area contributed by atoms with Gasteiger partial charge >= 0.3 is 26.2 Å². The first kappa shape index (κ1) is 33.9. The van der Waals surface area contributed by atoms with Crippen LogP contribution in [-0.2, 0) is 36.4 Å². The quantitative estimate of drug-likeness (QED) is 0.133. The van der Waals surface area contributed by atoms with Crippen molar-refractivity contribution in [1.82, 2.24) is 0 Å². The number of benzene rings is 4. The van der Waals surface area contributed by atoms with Gasteiger partial charge in [0.05, 0.1) is 39.4 Å². The van der Waals surface area contributed by atoms with Crippen LogP contribution in [0.15, 0.2) is 78.9 Å². The van der Waals surface area contributed by atoms with Crippen molar-refractivity contribution in [2.45, 2.75) is 6.61 Å². The number of methoxy groups -OCH3 is 3. The van der Waals surface area contributed by atoms with Gasteiger partial charge in [0.2, 0.25) is 0 Å². The Morgan fingerprint density at radius 1 is 0.652 bits per heavy atom. The minimum absolute atomic E-state index is 0.0411. The topological polar surface area (TPSA) is 150 Å². The van der Waals surface area contributed by atoms with Crippen LogP contribution in [0, 0.1) is 0 Å². The molecule has 0 bridgehead atoms. The second kappa shape index (κ2) is 14.4. The maximum absolute atomic E-state index is 12.5. The molecule has 0 N–H and O–H groups in total. The second-order valence-corrected chi connectivity index (χ2v) is 12.9. The number of rotatable bonds is 14. The van der Waals surface area contributed by atoms with Crippen molar-refractivity contribution in [3.63, 3.8) is 0 Å². The van der Waals surface area contributed by atoms with Crippen molar-refractivity contribution < 1.29 is 53.7 Å². The molecule has 244 valence electrons. The highest BCUT2D eigenvalue weighted by Gasteiger charge is 2.27. The Morgan fingerprint density at radius 2 is 1.30 bits per heavy atom. The SMILES string of the molecule is COC(=O)COc1cc(-c2c(OC)cc(-c3ccc(OS(C)(=O)=O)cc3)c(OC)c2OS(C)(=O)=O)ccc1OCc1ccccc1. The monoisotopic (exact) mass is 672 g/mol. The molecule has 0 spiro atoms. The highest BCUT2D eigenvalue weighted by Crippen LogP contribution is 2.51. The van der Waals surface area contributed by atoms with E-state index in [1.54, 1.807) is 36.4 Å². The van der Waals surface area contributed by atoms with Crippen LogP contribution in [0.3, 0.4) is 0 Å². The highest BCUT2D eigenvalue weighted by atomic mass is 32.2. The van der Waals surface area contributed by atoms with Gasteiger partial charge in [0, 0.05) is 5.56 Å². The summed E-state index contributed by atoms with van der Waals surface area (Å²) in [5.74, 6) is -0.0285. The van der Waals surface area contributed by atoms with Crippen LogP contribution in [-0.4, -0.2) is 63.3 Å². The van der Waals surface area contributed by atoms with Gasteiger partial charge in [-0.05, 0) is 47.0 Å². The Balaban J connectivity index is 1.88. The van der Waals surface area contributed by atoms with Crippen molar-refractivity contribution in [3.8, 4) is 56.8 Å². The fraction of sp³-hybridized carbons (Fsp3) is 0.219. The summed E-state index contributed by atoms with van der Waals surface area (Å²) in [4.78, 5) is 11.9. The number of carbonyl (C=O) groups is 1. The largest absolute Gasteiger partial charge is 0.496 e. The lowest BCUT2D eigenvalue weighted by molar-refractivity contribution is -0.142. The predicted octanol–water partition coefficient (Wildman–Crippen LogP) is 4.85. The first-order chi connectivity index (χ1) is 21.8. The maximum Gasteiger partial charge on any atom is 0.343 e. The van der Waals surface area contributed by atoms with Gasteiger partial charge in [0.25, 0.3) is 0 Å². The van der Waals surface area contributed by atoms with E-state index in [4.69, 9.17) is 32.1 Å². The van der Waals surface area contributed by atoms with E-state index in [-0.39, 0.29) is 40.9 Å². The summed E-state index contributed by atoms with van der Waals surface area (Å²) >= 11 is 0. The molecule has 0 heterocycles. The van der Waals surface area contributed by atoms with E-state index >= 15 is 0 Å². The lowest BCUT2D eigenvalue weighted by Gasteiger charge is -2.21. The number of ether oxygens (including phenoxy) is 5. The zero-order valence-corrected chi connectivity index (χ0v) is 27.3. The van der Waals surface area contributed by atoms with Crippen molar-refractivity contribution >= 4 is 26.2 Å². The minimum atomic E-state index is -4.11. The van der Waals surface area contributed by atoms with Crippen LogP contribution in [0.4, 0.5) is 0 Å². The molecule has 0 unspecified atom stereocenters. The molecule has 12 nitrogen and oxygen atoms in total. The predicted molar refractivity (Wildman–Crippen MR) is 170 cm³/mol. The average molecular weight is 673 g/mol. The number of carbonyl (C=O) groups excluding carboxylic acids is 1. The zero-order valence-electron chi connectivity index (χ0n) is 25.6. The van der Waals surface area contributed by atoms with Crippen molar-refractivity contribution in [2.75, 3.05) is 40.4 Å². The molecule has 46 heavy (non-hydrogen) atoms. The molecule has 0 saturated carbocycles. The first-order valence-corrected chi connectivity index (χ1v) is 17.1. The normalized spacial score (nSPS) is 11.3. The summed E-state index contributed by atoms with van der Waals surface area (Å²) < 4.78 is 86.5. The summed E-state index contributed by atoms with van der Waals surface area (Å²) in [6.45, 7) is -0.218. The van der Waals surface area contributed by atoms with E-state index in [2.05, 4.69) is 0 Å². The molecule has 4 rings (SSSR count). The van der Waals surface area contributed by atoms with E-state index < -0.39 is 32.8 Å². The van der Waals surface area contributed by atoms with Crippen LogP contribution in [0.25, 0.3) is 22.3 Å². The van der Waals surface area contributed by atoms with Crippen molar-refractivity contribution in [1.29, 1.82) is 0 Å². The standard InChI is InChI=1S/C32H32O12S2/c1-38-28-18-25(22-11-14-24(15-12-22)43-45(4,34)35)31(40-3)32(44-46(5,36)37)30(28)23-13-16-26(27(17-23)42-20-29(33)39-2)41-19-21-9-7-6-8-10-21/h6-18H,19-20H2,1-5H3. The van der Waals surface area contributed by atoms with Crippen LogP contribution in [0.2, 0.25) is 0 Å². The Kier molecular flexibility index (Phi) is 10.6. The Hall–Kier alpha value is -4.95. The van der Waals surface area contributed by atoms with Gasteiger partial charge in [-0.25, -0.2) is 4.79 Å². The van der Waals surface area contributed by atoms with Crippen molar-refractivity contribution in [3.05, 3.63) is 84.4 Å². The highest BCUT2D eigenvalue weighted by molar-refractivity contribution is 7.86. The molecule has 0 aliphatic carbocycles. The van der Waals surface area contributed by atoms with Crippen LogP contribution >= 0.6 is 0 Å². The summed E-state index contributed by atoms with van der Waals surface area (Å²) in [6, 6.07) is 21.8. The number of hydrogen-bond acceptors (Lipinski definition) is 12. The van der Waals surface area contributed by atoms with Gasteiger partial charge in [-0.2, -0.15) is 16.8 Å². The molecule has 0 saturated heterocycles. The third kappa shape index (κ3) is 8.82. The van der Waals surface area contributed by atoms with E-state index in [9.17, 15) is 21.6 Å². The number of hydrogen-bond donors (Lipinski definition) is 0. The molecule has 4 aromatic rings. The fourth-order valence-corrected chi connectivity index (χ4v) is 5.31. The lowest BCUT2D eigenvalue weighted by atomic mass is 9.96. The molecular formula is C32H32O12S2. The van der Waals surface area contributed by atoms with Gasteiger partial charge in [-0.3, -0.25) is 0 Å². The molecule has 4 aromatic carbocycles. The van der Waals surface area contributed by atoms with E-state index in [1.165, 1.54) is 33.5 Å². The van der Waals surface area contributed by atoms with Crippen LogP contribution in [0.5, 0.6) is 34.5 Å². The molecule has 0 fully saturated rings. The maximum atomic E-state index is 12.5. The first-order valence-electron chi connectivity index (χ1n) is 13.5. The van der Waals surface area contributed by atoms with Crippen LogP contribution < -0.4 is 27.3 Å². The Bertz CT molecular complexity index is 1910. The molecule has 0 radical (unpaired) electrons. The van der Waals surface area contributed by atoms with E-state index in [1.807, 2.05) is 30.3 Å². The third-order valence-electron chi connectivity index (χ3n) is 6.31. The molecule has 0 aliphatic rings. The van der Waals surface area contributed by atoms with Gasteiger partial charge in [0.1, 0.15) is 18.1 Å². The van der Waals surface area contributed by atoms with Gasteiger partial charge in [0.15, 0.2) is 29.6 Å². The molecule has 14 heteroatoms. The summed E-state index contributed by atoms with van der Waals surface area (Å²) in [5, 5.41) is 0. The van der Waals surface area contributed by atoms with Gasteiger partial charge in [-0.1, -0.05) is 48.5 Å². The summed E-state index contributed by atoms with van der Waals surface area (Å²) in [6.07, 6.45) is 1.81. The summed E-state index contributed by atoms with van der Waals surface area (Å²) in [5.41, 5.74) is 2.35. The third-order valence-corrected chi connectivity index (χ3v) is 7.28. The molecule has 0 amide bonds. The van der Waals surface area contributed by atoms with Gasteiger partial charge in [-0.15, -0.1) is 0 Å². The van der Waals surface area contributed by atoms with Crippen molar-refractivity contribution in [2.24, 2.45) is 0 Å². The number of esters is 1. The lowest BCUT2D eigenvalue weighted by Crippen LogP contribution is -2.13. The van der Waals surface area contributed by atoms with E-state index in [0.717, 1.165) is 18.1 Å². The average Bonchev–Trinajstić information content (AvgIpc) is 3.01. The zero-order chi connectivity index (χ0) is 33.5. The Morgan fingerprint density at radius 3 is 1.89 bits per heavy atom. The summed E-state index contributed by atoms with van der Waals surface area (Å²) in [7, 11) is -3.89. The Labute approximate surface area is 267 Å².